The first-order chi connectivity index (χ1) is 17.5. The number of ketones is 1. The number of hydrogen-bond donors (Lipinski definition) is 3. The maximum Gasteiger partial charge on any atom is 0.223 e. The summed E-state index contributed by atoms with van der Waals surface area (Å²) in [4.78, 5) is 34.2. The van der Waals surface area contributed by atoms with Crippen molar-refractivity contribution in [3.63, 3.8) is 0 Å². The standard InChI is InChI=1S/C27H38N6O2S/c28-26(32-27(29)33-15-4-1-5-16-33)30-20-13-11-19(12-14-20)7-6-9-21(34)8-2-3-10-22-17-23-24(36-22)18-25(35)31-23/h1,4,11-14,22-24H,2-3,5-10,15-18H2,(H,31,35)(H4,28,29,30,32). The van der Waals surface area contributed by atoms with Gasteiger partial charge in [-0.3, -0.25) is 9.59 Å². The van der Waals surface area contributed by atoms with Crippen LogP contribution in [0.3, 0.4) is 0 Å². The molecule has 3 heterocycles. The fraction of sp³-hybridized carbons (Fsp3) is 0.556. The molecule has 2 saturated heterocycles. The molecule has 194 valence electrons. The van der Waals surface area contributed by atoms with Crippen molar-refractivity contribution >= 4 is 41.1 Å². The van der Waals surface area contributed by atoms with Crippen LogP contribution in [-0.4, -0.2) is 58.1 Å². The first kappa shape index (κ1) is 26.3. The van der Waals surface area contributed by atoms with Crippen LogP contribution >= 0.6 is 11.8 Å². The normalized spacial score (nSPS) is 24.2. The fourth-order valence-electron chi connectivity index (χ4n) is 5.05. The number of carbonyl (C=O) groups excluding carboxylic acids is 2. The SMILES string of the molecule is NC(=Nc1ccc(CCCC(=O)CCCCC2CC3NC(=O)CC3S2)cc1)N=C(N)N1CC=CCC1. The molecule has 1 aromatic carbocycles. The molecule has 3 aliphatic heterocycles. The highest BCUT2D eigenvalue weighted by Crippen LogP contribution is 2.41. The van der Waals surface area contributed by atoms with E-state index in [9.17, 15) is 9.59 Å². The van der Waals surface area contributed by atoms with Crippen molar-refractivity contribution in [3.05, 3.63) is 42.0 Å². The van der Waals surface area contributed by atoms with Crippen molar-refractivity contribution in [2.75, 3.05) is 13.1 Å². The third kappa shape index (κ3) is 7.85. The molecule has 3 unspecified atom stereocenters. The molecule has 8 nitrogen and oxygen atoms in total. The third-order valence-corrected chi connectivity index (χ3v) is 8.67. The summed E-state index contributed by atoms with van der Waals surface area (Å²) in [6, 6.07) is 8.26. The number of rotatable bonds is 10. The Bertz CT molecular complexity index is 990. The molecule has 2 fully saturated rings. The van der Waals surface area contributed by atoms with Gasteiger partial charge in [0.25, 0.3) is 0 Å². The molecule has 0 aromatic heterocycles. The predicted molar refractivity (Wildman–Crippen MR) is 147 cm³/mol. The van der Waals surface area contributed by atoms with Crippen molar-refractivity contribution < 1.29 is 9.59 Å². The van der Waals surface area contributed by atoms with E-state index in [4.69, 9.17) is 11.5 Å². The van der Waals surface area contributed by atoms with E-state index in [-0.39, 0.29) is 11.9 Å². The van der Waals surface area contributed by atoms with Gasteiger partial charge < -0.3 is 21.7 Å². The molecule has 9 heteroatoms. The van der Waals surface area contributed by atoms with Crippen LogP contribution in [0.4, 0.5) is 5.69 Å². The van der Waals surface area contributed by atoms with Crippen LogP contribution in [0, 0.1) is 0 Å². The molecular weight excluding hydrogens is 472 g/mol. The minimum absolute atomic E-state index is 0.140. The van der Waals surface area contributed by atoms with Crippen LogP contribution in [0.1, 0.15) is 63.4 Å². The van der Waals surface area contributed by atoms with Gasteiger partial charge in [-0.1, -0.05) is 30.7 Å². The molecule has 1 aromatic rings. The van der Waals surface area contributed by atoms with Crippen LogP contribution < -0.4 is 16.8 Å². The molecule has 5 N–H and O–H groups in total. The quantitative estimate of drug-likeness (QED) is 0.192. The number of hydrogen-bond acceptors (Lipinski definition) is 4. The Labute approximate surface area is 218 Å². The molecule has 4 rings (SSSR count). The van der Waals surface area contributed by atoms with E-state index in [2.05, 4.69) is 27.5 Å². The highest BCUT2D eigenvalue weighted by atomic mass is 32.2. The number of benzene rings is 1. The van der Waals surface area contributed by atoms with E-state index in [0.29, 0.717) is 47.5 Å². The number of fused-ring (bicyclic) bond motifs is 1. The monoisotopic (exact) mass is 510 g/mol. The van der Waals surface area contributed by atoms with Crippen molar-refractivity contribution in [2.24, 2.45) is 21.5 Å². The van der Waals surface area contributed by atoms with Gasteiger partial charge in [0.15, 0.2) is 5.96 Å². The second-order valence-corrected chi connectivity index (χ2v) is 11.4. The van der Waals surface area contributed by atoms with E-state index in [1.807, 2.05) is 40.9 Å². The zero-order valence-electron chi connectivity index (χ0n) is 20.9. The molecule has 0 radical (unpaired) electrons. The van der Waals surface area contributed by atoms with Crippen LogP contribution in [0.2, 0.25) is 0 Å². The van der Waals surface area contributed by atoms with Gasteiger partial charge >= 0.3 is 0 Å². The Kier molecular flexibility index (Phi) is 9.44. The van der Waals surface area contributed by atoms with E-state index in [1.165, 1.54) is 5.56 Å². The Morgan fingerprint density at radius 2 is 1.92 bits per heavy atom. The smallest absolute Gasteiger partial charge is 0.223 e. The number of unbranched alkanes of at least 4 members (excludes halogenated alkanes) is 1. The van der Waals surface area contributed by atoms with Crippen molar-refractivity contribution in [1.29, 1.82) is 0 Å². The number of amides is 1. The van der Waals surface area contributed by atoms with Crippen molar-refractivity contribution in [2.45, 2.75) is 80.7 Å². The summed E-state index contributed by atoms with van der Waals surface area (Å²) in [5, 5.41) is 4.18. The lowest BCUT2D eigenvalue weighted by Crippen LogP contribution is -2.40. The molecule has 36 heavy (non-hydrogen) atoms. The first-order valence-corrected chi connectivity index (χ1v) is 14.0. The van der Waals surface area contributed by atoms with E-state index in [0.717, 1.165) is 63.7 Å². The van der Waals surface area contributed by atoms with Crippen LogP contribution in [0.5, 0.6) is 0 Å². The van der Waals surface area contributed by atoms with Crippen molar-refractivity contribution in [1.82, 2.24) is 10.2 Å². The number of aliphatic imine (C=N–C) groups is 2. The number of nitrogens with zero attached hydrogens (tertiary/aromatic N) is 3. The summed E-state index contributed by atoms with van der Waals surface area (Å²) >= 11 is 1.97. The Morgan fingerprint density at radius 3 is 2.67 bits per heavy atom. The van der Waals surface area contributed by atoms with Gasteiger partial charge in [-0.15, -0.1) is 0 Å². The molecule has 0 bridgehead atoms. The van der Waals surface area contributed by atoms with Crippen LogP contribution in [-0.2, 0) is 16.0 Å². The molecular formula is C27H38N6O2S. The summed E-state index contributed by atoms with van der Waals surface area (Å²) < 4.78 is 0. The minimum Gasteiger partial charge on any atom is -0.369 e. The zero-order chi connectivity index (χ0) is 25.3. The number of guanidine groups is 2. The van der Waals surface area contributed by atoms with E-state index >= 15 is 0 Å². The largest absolute Gasteiger partial charge is 0.369 e. The lowest BCUT2D eigenvalue weighted by atomic mass is 10.0. The second-order valence-electron chi connectivity index (χ2n) is 9.86. The van der Waals surface area contributed by atoms with Gasteiger partial charge in [0.2, 0.25) is 11.9 Å². The zero-order valence-corrected chi connectivity index (χ0v) is 21.7. The Hall–Kier alpha value is -2.81. The summed E-state index contributed by atoms with van der Waals surface area (Å²) in [5.41, 5.74) is 13.9. The lowest BCUT2D eigenvalue weighted by Gasteiger charge is -2.23. The van der Waals surface area contributed by atoms with E-state index in [1.54, 1.807) is 0 Å². The molecule has 0 spiro atoms. The Morgan fingerprint density at radius 1 is 1.11 bits per heavy atom. The molecule has 3 atom stereocenters. The van der Waals surface area contributed by atoms with Gasteiger partial charge in [0, 0.05) is 48.9 Å². The number of aryl methyl sites for hydroxylation is 1. The average Bonchev–Trinajstić information content (AvgIpc) is 3.40. The number of nitrogens with one attached hydrogen (secondary N) is 1. The number of nitrogens with two attached hydrogens (primary N) is 2. The summed E-state index contributed by atoms with van der Waals surface area (Å²) in [5.74, 6) is 1.08. The number of thioether (sulfide) groups is 1. The third-order valence-electron chi connectivity index (χ3n) is 7.01. The number of carbonyl (C=O) groups is 2. The molecule has 0 aliphatic carbocycles. The number of Topliss-reactive ketones (excluding diaryl/α,β-unsaturated/α-hetero) is 1. The fourth-order valence-corrected chi connectivity index (χ4v) is 6.78. The van der Waals surface area contributed by atoms with Crippen LogP contribution in [0.25, 0.3) is 0 Å². The molecule has 1 amide bonds. The highest BCUT2D eigenvalue weighted by molar-refractivity contribution is 8.00. The molecule has 0 saturated carbocycles. The van der Waals surface area contributed by atoms with E-state index < -0.39 is 0 Å². The minimum atomic E-state index is 0.140. The predicted octanol–water partition coefficient (Wildman–Crippen LogP) is 3.42. The average molecular weight is 511 g/mol. The molecule has 3 aliphatic rings. The van der Waals surface area contributed by atoms with Gasteiger partial charge in [0.05, 0.1) is 5.69 Å². The Balaban J connectivity index is 1.09. The van der Waals surface area contributed by atoms with Gasteiger partial charge in [-0.05, 0) is 56.2 Å². The topological polar surface area (TPSA) is 126 Å². The summed E-state index contributed by atoms with van der Waals surface area (Å²) in [6.45, 7) is 1.57. The van der Waals surface area contributed by atoms with Crippen molar-refractivity contribution in [3.8, 4) is 0 Å². The maximum absolute atomic E-state index is 12.3. The summed E-state index contributed by atoms with van der Waals surface area (Å²) in [6.07, 6.45) is 13.1. The van der Waals surface area contributed by atoms with Crippen LogP contribution in [0.15, 0.2) is 46.4 Å². The lowest BCUT2D eigenvalue weighted by molar-refractivity contribution is -0.120. The van der Waals surface area contributed by atoms with Gasteiger partial charge in [0.1, 0.15) is 5.78 Å². The maximum atomic E-state index is 12.3. The van der Waals surface area contributed by atoms with Gasteiger partial charge in [-0.2, -0.15) is 16.8 Å². The summed E-state index contributed by atoms with van der Waals surface area (Å²) in [7, 11) is 0. The van der Waals surface area contributed by atoms with Gasteiger partial charge in [-0.25, -0.2) is 4.99 Å². The second kappa shape index (κ2) is 12.9. The highest BCUT2D eigenvalue weighted by Gasteiger charge is 2.41. The first-order valence-electron chi connectivity index (χ1n) is 13.1.